The summed E-state index contributed by atoms with van der Waals surface area (Å²) in [5, 5.41) is 4.58. The third kappa shape index (κ3) is 6.77. The molecule has 10 aromatic carbocycles. The molecule has 0 spiro atoms. The molecule has 0 saturated heterocycles. The fourth-order valence-electron chi connectivity index (χ4n) is 11.6. The number of hydrogen-bond acceptors (Lipinski definition) is 2. The molecule has 330 valence electrons. The summed E-state index contributed by atoms with van der Waals surface area (Å²) < 4.78 is 0. The number of hydrogen-bond donors (Lipinski definition) is 0. The van der Waals surface area contributed by atoms with Crippen molar-refractivity contribution in [3.8, 4) is 66.8 Å². The predicted octanol–water partition coefficient (Wildman–Crippen LogP) is 17.4. The molecule has 0 radical (unpaired) electrons. The first-order chi connectivity index (χ1) is 33.6. The van der Waals surface area contributed by atoms with Crippen LogP contribution in [0.15, 0.2) is 222 Å². The van der Waals surface area contributed by atoms with Gasteiger partial charge in [0.1, 0.15) is 0 Å². The Balaban J connectivity index is 0.877. The van der Waals surface area contributed by atoms with E-state index in [4.69, 9.17) is 4.99 Å². The van der Waals surface area contributed by atoms with E-state index in [1.165, 1.54) is 94.4 Å². The molecule has 0 bridgehead atoms. The van der Waals surface area contributed by atoms with Crippen LogP contribution in [0.5, 0.6) is 0 Å². The lowest BCUT2D eigenvalue weighted by molar-refractivity contribution is 0.660. The van der Waals surface area contributed by atoms with Gasteiger partial charge in [-0.05, 0) is 148 Å². The molecule has 2 heteroatoms. The summed E-state index contributed by atoms with van der Waals surface area (Å²) in [6.07, 6.45) is 2.10. The van der Waals surface area contributed by atoms with E-state index in [0.717, 1.165) is 38.7 Å². The van der Waals surface area contributed by atoms with Gasteiger partial charge in [0.2, 0.25) is 0 Å². The van der Waals surface area contributed by atoms with Gasteiger partial charge in [-0.1, -0.05) is 210 Å². The molecule has 0 heterocycles. The van der Waals surface area contributed by atoms with Gasteiger partial charge in [-0.25, -0.2) is 0 Å². The smallest absolute Gasteiger partial charge is 0.0722 e. The Morgan fingerprint density at radius 3 is 1.25 bits per heavy atom. The number of rotatable bonds is 8. The lowest BCUT2D eigenvalue weighted by Crippen LogP contribution is -2.14. The van der Waals surface area contributed by atoms with Gasteiger partial charge in [-0.2, -0.15) is 0 Å². The Morgan fingerprint density at radius 1 is 0.362 bits per heavy atom. The van der Waals surface area contributed by atoms with E-state index in [0.29, 0.717) is 0 Å². The molecule has 2 aliphatic carbocycles. The molecule has 0 N–H and O–H groups in total. The minimum Gasteiger partial charge on any atom is -0.288 e. The molecular weight excluding hydrogens is 833 g/mol. The van der Waals surface area contributed by atoms with Gasteiger partial charge >= 0.3 is 0 Å². The maximum atomic E-state index is 4.91. The molecular formula is C67H52N2. The van der Waals surface area contributed by atoms with E-state index in [1.807, 2.05) is 7.05 Å². The molecule has 0 atom stereocenters. The highest BCUT2D eigenvalue weighted by Gasteiger charge is 2.36. The number of allylic oxidation sites excluding steroid dienone is 1. The second-order valence-corrected chi connectivity index (χ2v) is 19.7. The van der Waals surface area contributed by atoms with E-state index in [-0.39, 0.29) is 10.8 Å². The average molecular weight is 885 g/mol. The Bertz CT molecular complexity index is 3820. The van der Waals surface area contributed by atoms with Crippen LogP contribution in [0.1, 0.15) is 61.1 Å². The lowest BCUT2D eigenvalue weighted by atomic mass is 9.81. The zero-order valence-corrected chi connectivity index (χ0v) is 39.8. The van der Waals surface area contributed by atoms with Crippen LogP contribution in [-0.2, 0) is 10.8 Å². The quantitative estimate of drug-likeness (QED) is 0.136. The molecule has 0 aromatic heterocycles. The highest BCUT2D eigenvalue weighted by molar-refractivity contribution is 6.21. The van der Waals surface area contributed by atoms with Crippen LogP contribution in [0, 0.1) is 0 Å². The van der Waals surface area contributed by atoms with Gasteiger partial charge in [0.15, 0.2) is 0 Å². The second kappa shape index (κ2) is 16.2. The topological polar surface area (TPSA) is 24.7 Å². The first-order valence-electron chi connectivity index (χ1n) is 24.0. The SMILES string of the molecule is C=N/C(=C\C(=NC)c1ccc(-c2cccc(-c3ccc4c(c3)C(C)(C)c3ccccc3-4)c2)c2ccccc12)c1ccc(-c2cccc(-c3ccc4c(c3)C(C)(C)c3ccccc3-4)c2)c2ccccc12. The number of nitrogens with zero attached hydrogens (tertiary/aromatic N) is 2. The summed E-state index contributed by atoms with van der Waals surface area (Å²) in [7, 11) is 1.87. The van der Waals surface area contributed by atoms with Crippen molar-refractivity contribution in [1.29, 1.82) is 0 Å². The van der Waals surface area contributed by atoms with Gasteiger partial charge in [0.25, 0.3) is 0 Å². The van der Waals surface area contributed by atoms with Crippen LogP contribution < -0.4 is 0 Å². The summed E-state index contributed by atoms with van der Waals surface area (Å²) >= 11 is 0. The fourth-order valence-corrected chi connectivity index (χ4v) is 11.6. The maximum Gasteiger partial charge on any atom is 0.0722 e. The van der Waals surface area contributed by atoms with Crippen LogP contribution in [0.4, 0.5) is 0 Å². The lowest BCUT2D eigenvalue weighted by Gasteiger charge is -2.22. The van der Waals surface area contributed by atoms with Gasteiger partial charge < -0.3 is 0 Å². The number of aliphatic imine (C=N–C) groups is 2. The second-order valence-electron chi connectivity index (χ2n) is 19.7. The van der Waals surface area contributed by atoms with Gasteiger partial charge in [0.05, 0.1) is 11.4 Å². The molecule has 0 fully saturated rings. The Labute approximate surface area is 405 Å². The van der Waals surface area contributed by atoms with Crippen molar-refractivity contribution in [3.05, 3.63) is 246 Å². The monoisotopic (exact) mass is 884 g/mol. The summed E-state index contributed by atoms with van der Waals surface area (Å²) in [5.41, 5.74) is 24.0. The molecule has 0 saturated carbocycles. The summed E-state index contributed by atoms with van der Waals surface area (Å²) in [5.74, 6) is 0. The van der Waals surface area contributed by atoms with Crippen molar-refractivity contribution >= 4 is 39.7 Å². The molecule has 69 heavy (non-hydrogen) atoms. The summed E-state index contributed by atoms with van der Waals surface area (Å²) in [4.78, 5) is 9.60. The normalized spacial score (nSPS) is 14.3. The van der Waals surface area contributed by atoms with E-state index in [2.05, 4.69) is 252 Å². The largest absolute Gasteiger partial charge is 0.288 e. The maximum absolute atomic E-state index is 4.91. The molecule has 10 aromatic rings. The minimum atomic E-state index is -0.0576. The van der Waals surface area contributed by atoms with Gasteiger partial charge in [-0.15, -0.1) is 0 Å². The third-order valence-corrected chi connectivity index (χ3v) is 15.3. The third-order valence-electron chi connectivity index (χ3n) is 15.3. The Morgan fingerprint density at radius 2 is 0.754 bits per heavy atom. The summed E-state index contributed by atoms with van der Waals surface area (Å²) in [6, 6.07) is 75.8. The van der Waals surface area contributed by atoms with Gasteiger partial charge in [0, 0.05) is 29.0 Å². The summed E-state index contributed by atoms with van der Waals surface area (Å²) in [6.45, 7) is 13.5. The predicted molar refractivity (Wildman–Crippen MR) is 295 cm³/mol. The Kier molecular flexibility index (Phi) is 9.93. The van der Waals surface area contributed by atoms with Crippen LogP contribution >= 0.6 is 0 Å². The van der Waals surface area contributed by atoms with Crippen LogP contribution in [0.25, 0.3) is 94.0 Å². The van der Waals surface area contributed by atoms with E-state index in [1.54, 1.807) is 0 Å². The van der Waals surface area contributed by atoms with E-state index in [9.17, 15) is 0 Å². The highest BCUT2D eigenvalue weighted by atomic mass is 14.7. The standard InChI is InChI=1S/C67H52N2/c1-66(2)60-27-13-11-25-54(60)56-31-29-44(39-62(56)66)42-17-15-19-46(37-42)48-33-35-58(52-23-9-7-21-50(48)52)64(68-5)41-65(69-6)59-36-34-49(51-22-8-10-24-53(51)59)47-20-16-18-43(38-47)45-30-32-57-55-26-12-14-28-61(55)67(3,4)63(57)40-45/h7-41H,5H2,1-4,6H3/b64-41-,69-65?. The zero-order chi connectivity index (χ0) is 47.0. The van der Waals surface area contributed by atoms with Gasteiger partial charge in [-0.3, -0.25) is 9.98 Å². The molecule has 2 nitrogen and oxygen atoms in total. The fraction of sp³-hybridized carbons (Fsp3) is 0.104. The number of benzene rings is 10. The average Bonchev–Trinajstić information content (AvgIpc) is 3.77. The van der Waals surface area contributed by atoms with Crippen LogP contribution in [0.2, 0.25) is 0 Å². The van der Waals surface area contributed by atoms with Crippen molar-refractivity contribution in [3.63, 3.8) is 0 Å². The van der Waals surface area contributed by atoms with Crippen molar-refractivity contribution in [2.45, 2.75) is 38.5 Å². The zero-order valence-electron chi connectivity index (χ0n) is 39.8. The van der Waals surface area contributed by atoms with Crippen molar-refractivity contribution in [1.82, 2.24) is 0 Å². The minimum absolute atomic E-state index is 0.0564. The first kappa shape index (κ1) is 42.2. The number of fused-ring (bicyclic) bond motifs is 8. The molecule has 0 amide bonds. The van der Waals surface area contributed by atoms with Crippen LogP contribution in [0.3, 0.4) is 0 Å². The molecule has 0 aliphatic heterocycles. The van der Waals surface area contributed by atoms with Crippen molar-refractivity contribution in [2.75, 3.05) is 7.05 Å². The van der Waals surface area contributed by atoms with E-state index < -0.39 is 0 Å². The van der Waals surface area contributed by atoms with Crippen molar-refractivity contribution in [2.24, 2.45) is 9.98 Å². The van der Waals surface area contributed by atoms with Crippen LogP contribution in [-0.4, -0.2) is 19.5 Å². The molecule has 2 aliphatic rings. The molecule has 12 rings (SSSR count). The Hall–Kier alpha value is -8.20. The highest BCUT2D eigenvalue weighted by Crippen LogP contribution is 2.51. The van der Waals surface area contributed by atoms with E-state index >= 15 is 0 Å². The van der Waals surface area contributed by atoms with Crippen molar-refractivity contribution < 1.29 is 0 Å². The molecule has 0 unspecified atom stereocenters. The first-order valence-corrected chi connectivity index (χ1v) is 24.0.